The van der Waals surface area contributed by atoms with Crippen LogP contribution in [0.1, 0.15) is 19.3 Å². The Hall–Kier alpha value is -2.04. The highest BCUT2D eigenvalue weighted by atomic mass is 16.8. The van der Waals surface area contributed by atoms with Gasteiger partial charge >= 0.3 is 23.6 Å². The van der Waals surface area contributed by atoms with E-state index in [0.29, 0.717) is 13.0 Å². The fourth-order valence-corrected chi connectivity index (χ4v) is 2.96. The average Bonchev–Trinajstić information content (AvgIpc) is 2.72. The molecule has 0 aromatic rings. The summed E-state index contributed by atoms with van der Waals surface area (Å²) in [4.78, 5) is 49.2. The van der Waals surface area contributed by atoms with Gasteiger partial charge in [0, 0.05) is 6.54 Å². The van der Waals surface area contributed by atoms with Gasteiger partial charge in [-0.1, -0.05) is 0 Å². The van der Waals surface area contributed by atoms with Gasteiger partial charge in [0.15, 0.2) is 12.2 Å². The van der Waals surface area contributed by atoms with E-state index in [0.717, 1.165) is 17.9 Å². The Balaban J connectivity index is 1.90. The molecule has 0 aromatic heterocycles. The Kier molecular flexibility index (Phi) is 3.82. The van der Waals surface area contributed by atoms with Crippen molar-refractivity contribution in [3.05, 3.63) is 0 Å². The van der Waals surface area contributed by atoms with E-state index in [1.54, 1.807) is 0 Å². The van der Waals surface area contributed by atoms with E-state index in [-0.39, 0.29) is 0 Å². The number of aliphatic hydroxyl groups is 2. The van der Waals surface area contributed by atoms with Gasteiger partial charge in [-0.3, -0.25) is 14.5 Å². The van der Waals surface area contributed by atoms with E-state index in [2.05, 4.69) is 5.32 Å². The molecular weight excluding hydrogens is 312 g/mol. The van der Waals surface area contributed by atoms with E-state index >= 15 is 0 Å². The Labute approximate surface area is 130 Å². The zero-order valence-corrected chi connectivity index (χ0v) is 12.1. The van der Waals surface area contributed by atoms with Crippen LogP contribution in [-0.4, -0.2) is 76.0 Å². The summed E-state index contributed by atoms with van der Waals surface area (Å²) in [5, 5.41) is 22.0. The molecule has 3 N–H and O–H groups in total. The van der Waals surface area contributed by atoms with Gasteiger partial charge in [-0.25, -0.2) is 9.59 Å². The highest BCUT2D eigenvalue weighted by Crippen LogP contribution is 2.34. The second-order valence-corrected chi connectivity index (χ2v) is 5.73. The van der Waals surface area contributed by atoms with Crippen molar-refractivity contribution in [3.8, 4) is 0 Å². The molecule has 3 fully saturated rings. The quantitative estimate of drug-likeness (QED) is 0.339. The third-order valence-electron chi connectivity index (χ3n) is 4.15. The van der Waals surface area contributed by atoms with Gasteiger partial charge in [-0.15, -0.1) is 0 Å². The summed E-state index contributed by atoms with van der Waals surface area (Å²) < 4.78 is 9.58. The molecule has 3 saturated heterocycles. The lowest BCUT2D eigenvalue weighted by molar-refractivity contribution is -0.221. The maximum atomic E-state index is 12.6. The number of piperidine rings is 1. The summed E-state index contributed by atoms with van der Waals surface area (Å²) in [5.74, 6) is -6.85. The number of hydrogen-bond acceptors (Lipinski definition) is 9. The first kappa shape index (κ1) is 15.8. The van der Waals surface area contributed by atoms with Crippen LogP contribution in [0.2, 0.25) is 0 Å². The number of nitrogens with zero attached hydrogens (tertiary/aromatic N) is 1. The van der Waals surface area contributed by atoms with Gasteiger partial charge in [-0.2, -0.15) is 0 Å². The number of carbonyl (C=O) groups is 4. The normalized spacial score (nSPS) is 38.5. The smallest absolute Gasteiger partial charge is 0.346 e. The van der Waals surface area contributed by atoms with Gasteiger partial charge in [0.2, 0.25) is 5.91 Å². The third-order valence-corrected chi connectivity index (χ3v) is 4.15. The minimum absolute atomic E-state index is 0.390. The summed E-state index contributed by atoms with van der Waals surface area (Å²) in [5.41, 5.74) is 0. The first-order chi connectivity index (χ1) is 10.9. The second kappa shape index (κ2) is 5.55. The van der Waals surface area contributed by atoms with Crippen molar-refractivity contribution in [1.29, 1.82) is 0 Å². The number of imide groups is 1. The first-order valence-corrected chi connectivity index (χ1v) is 7.25. The van der Waals surface area contributed by atoms with E-state index in [4.69, 9.17) is 9.47 Å². The van der Waals surface area contributed by atoms with Gasteiger partial charge in [-0.05, 0) is 19.4 Å². The number of ether oxygens (including phenoxy) is 2. The zero-order chi connectivity index (χ0) is 16.8. The Morgan fingerprint density at radius 1 is 1.09 bits per heavy atom. The molecule has 10 heteroatoms. The number of esters is 2. The molecule has 2 unspecified atom stereocenters. The van der Waals surface area contributed by atoms with Crippen LogP contribution in [0.3, 0.4) is 0 Å². The van der Waals surface area contributed by atoms with Gasteiger partial charge < -0.3 is 25.0 Å². The summed E-state index contributed by atoms with van der Waals surface area (Å²) in [7, 11) is 0. The van der Waals surface area contributed by atoms with Crippen molar-refractivity contribution >= 4 is 23.8 Å². The highest BCUT2D eigenvalue weighted by molar-refractivity contribution is 6.09. The largest absolute Gasteiger partial charge is 0.411 e. The minimum atomic E-state index is -2.44. The van der Waals surface area contributed by atoms with Gasteiger partial charge in [0.05, 0.1) is 6.04 Å². The van der Waals surface area contributed by atoms with Crippen LogP contribution < -0.4 is 5.32 Å². The SMILES string of the molecule is O=C1OC2(CC(=O)N([C@@H]3CCCNC3)C2=O)OC(=O)C(O)C1O. The summed E-state index contributed by atoms with van der Waals surface area (Å²) >= 11 is 0. The Morgan fingerprint density at radius 2 is 1.70 bits per heavy atom. The fourth-order valence-electron chi connectivity index (χ4n) is 2.96. The molecule has 3 atom stereocenters. The van der Waals surface area contributed by atoms with Crippen LogP contribution in [0, 0.1) is 0 Å². The van der Waals surface area contributed by atoms with Crippen LogP contribution in [-0.2, 0) is 28.7 Å². The monoisotopic (exact) mass is 328 g/mol. The zero-order valence-electron chi connectivity index (χ0n) is 12.1. The topological polar surface area (TPSA) is 142 Å². The van der Waals surface area contributed by atoms with Crippen molar-refractivity contribution in [2.75, 3.05) is 13.1 Å². The van der Waals surface area contributed by atoms with E-state index in [1.165, 1.54) is 0 Å². The number of aliphatic hydroxyl groups excluding tert-OH is 2. The number of carbonyl (C=O) groups excluding carboxylic acids is 4. The van der Waals surface area contributed by atoms with Gasteiger partial charge in [0.25, 0.3) is 0 Å². The molecule has 2 amide bonds. The first-order valence-electron chi connectivity index (χ1n) is 7.25. The van der Waals surface area contributed by atoms with Crippen molar-refractivity contribution in [1.82, 2.24) is 10.2 Å². The molecular formula is C13H16N2O8. The molecule has 3 aliphatic heterocycles. The van der Waals surface area contributed by atoms with E-state index in [1.807, 2.05) is 0 Å². The lowest BCUT2D eigenvalue weighted by atomic mass is 10.1. The number of hydrogen-bond donors (Lipinski definition) is 3. The number of likely N-dealkylation sites (tertiary alicyclic amines) is 1. The molecule has 0 aromatic carbocycles. The standard InChI is InChI=1S/C13H16N2O8/c16-7-4-13(12(21)15(7)6-2-1-3-14-5-6)22-10(19)8(17)9(18)11(20)23-13/h6,8-9,14,17-18H,1-5H2/t6-,8?,9?,13?/m1/s1. The maximum absolute atomic E-state index is 12.6. The van der Waals surface area contributed by atoms with Crippen LogP contribution in [0.5, 0.6) is 0 Å². The molecule has 0 saturated carbocycles. The summed E-state index contributed by atoms with van der Waals surface area (Å²) in [6.07, 6.45) is -3.68. The number of amides is 2. The average molecular weight is 328 g/mol. The lowest BCUT2D eigenvalue weighted by Gasteiger charge is -2.31. The summed E-state index contributed by atoms with van der Waals surface area (Å²) in [6.45, 7) is 1.15. The molecule has 1 spiro atoms. The van der Waals surface area contributed by atoms with Crippen LogP contribution in [0.25, 0.3) is 0 Å². The van der Waals surface area contributed by atoms with Crippen molar-refractivity contribution < 1.29 is 38.9 Å². The molecule has 3 heterocycles. The van der Waals surface area contributed by atoms with Crippen molar-refractivity contribution in [3.63, 3.8) is 0 Å². The van der Waals surface area contributed by atoms with Gasteiger partial charge in [0.1, 0.15) is 6.42 Å². The third kappa shape index (κ3) is 2.48. The number of nitrogens with one attached hydrogen (secondary N) is 1. The molecule has 23 heavy (non-hydrogen) atoms. The Morgan fingerprint density at radius 3 is 2.22 bits per heavy atom. The molecule has 3 rings (SSSR count). The molecule has 0 bridgehead atoms. The lowest BCUT2D eigenvalue weighted by Crippen LogP contribution is -2.53. The molecule has 0 aliphatic carbocycles. The molecule has 126 valence electrons. The van der Waals surface area contributed by atoms with Crippen LogP contribution in [0.4, 0.5) is 0 Å². The maximum Gasteiger partial charge on any atom is 0.346 e. The van der Waals surface area contributed by atoms with E-state index < -0.39 is 54.2 Å². The second-order valence-electron chi connectivity index (χ2n) is 5.73. The molecule has 0 radical (unpaired) electrons. The predicted octanol–water partition coefficient (Wildman–Crippen LogP) is -2.98. The molecule has 3 aliphatic rings. The minimum Gasteiger partial charge on any atom is -0.411 e. The molecule has 10 nitrogen and oxygen atoms in total. The highest BCUT2D eigenvalue weighted by Gasteiger charge is 2.62. The number of rotatable bonds is 1. The Bertz CT molecular complexity index is 548. The van der Waals surface area contributed by atoms with Crippen molar-refractivity contribution in [2.24, 2.45) is 0 Å². The fraction of sp³-hybridized carbons (Fsp3) is 0.692. The van der Waals surface area contributed by atoms with E-state index in [9.17, 15) is 29.4 Å². The van der Waals surface area contributed by atoms with Crippen LogP contribution in [0.15, 0.2) is 0 Å². The van der Waals surface area contributed by atoms with Crippen LogP contribution >= 0.6 is 0 Å². The predicted molar refractivity (Wildman–Crippen MR) is 69.3 cm³/mol. The van der Waals surface area contributed by atoms with Crippen molar-refractivity contribution in [2.45, 2.75) is 43.3 Å². The summed E-state index contributed by atoms with van der Waals surface area (Å²) in [6, 6.07) is -0.432.